The number of nitrogens with zero attached hydrogens (tertiary/aromatic N) is 2. The van der Waals surface area contributed by atoms with Crippen LogP contribution in [0.5, 0.6) is 5.88 Å². The van der Waals surface area contributed by atoms with Crippen LogP contribution in [-0.4, -0.2) is 36.1 Å². The molecular weight excluding hydrogens is 200 g/mol. The molecule has 3 heteroatoms. The van der Waals surface area contributed by atoms with Gasteiger partial charge >= 0.3 is 0 Å². The normalized spacial score (nSPS) is 17.1. The first-order valence-electron chi connectivity index (χ1n) is 6.14. The van der Waals surface area contributed by atoms with Crippen LogP contribution in [0.1, 0.15) is 19.8 Å². The lowest BCUT2D eigenvalue weighted by Crippen LogP contribution is -2.48. The van der Waals surface area contributed by atoms with Crippen molar-refractivity contribution < 1.29 is 4.74 Å². The van der Waals surface area contributed by atoms with Gasteiger partial charge in [-0.25, -0.2) is 4.98 Å². The van der Waals surface area contributed by atoms with Crippen LogP contribution in [0.4, 0.5) is 0 Å². The van der Waals surface area contributed by atoms with Gasteiger partial charge in [0.1, 0.15) is 6.61 Å². The zero-order valence-electron chi connectivity index (χ0n) is 9.93. The minimum absolute atomic E-state index is 0.730. The molecule has 0 aromatic carbocycles. The zero-order chi connectivity index (χ0) is 11.2. The maximum absolute atomic E-state index is 5.55. The smallest absolute Gasteiger partial charge is 0.213 e. The molecule has 0 saturated carbocycles. The second kappa shape index (κ2) is 5.85. The van der Waals surface area contributed by atoms with E-state index in [1.165, 1.54) is 25.9 Å². The second-order valence-corrected chi connectivity index (χ2v) is 4.43. The van der Waals surface area contributed by atoms with Crippen LogP contribution in [0.15, 0.2) is 24.4 Å². The van der Waals surface area contributed by atoms with Crippen molar-refractivity contribution in [2.24, 2.45) is 5.92 Å². The monoisotopic (exact) mass is 220 g/mol. The summed E-state index contributed by atoms with van der Waals surface area (Å²) in [6, 6.07) is 5.75. The SMILES string of the molecule is CCCC1CN(CCOc2ccccn2)C1. The maximum Gasteiger partial charge on any atom is 0.213 e. The van der Waals surface area contributed by atoms with Crippen molar-refractivity contribution in [3.05, 3.63) is 24.4 Å². The topological polar surface area (TPSA) is 25.4 Å². The van der Waals surface area contributed by atoms with Crippen molar-refractivity contribution in [3.63, 3.8) is 0 Å². The molecule has 1 aromatic rings. The molecule has 1 fully saturated rings. The lowest BCUT2D eigenvalue weighted by Gasteiger charge is -2.39. The zero-order valence-corrected chi connectivity index (χ0v) is 9.93. The van der Waals surface area contributed by atoms with Gasteiger partial charge in [-0.15, -0.1) is 0 Å². The third-order valence-electron chi connectivity index (χ3n) is 3.02. The molecule has 0 bridgehead atoms. The van der Waals surface area contributed by atoms with E-state index in [1.54, 1.807) is 6.20 Å². The Morgan fingerprint density at radius 2 is 2.31 bits per heavy atom. The maximum atomic E-state index is 5.55. The second-order valence-electron chi connectivity index (χ2n) is 4.43. The highest BCUT2D eigenvalue weighted by Crippen LogP contribution is 2.19. The molecule has 0 atom stereocenters. The van der Waals surface area contributed by atoms with E-state index in [0.717, 1.165) is 24.9 Å². The van der Waals surface area contributed by atoms with Gasteiger partial charge in [0.2, 0.25) is 5.88 Å². The molecule has 1 aliphatic rings. The highest BCUT2D eigenvalue weighted by atomic mass is 16.5. The first kappa shape index (κ1) is 11.4. The fraction of sp³-hybridized carbons (Fsp3) is 0.615. The van der Waals surface area contributed by atoms with E-state index < -0.39 is 0 Å². The Hall–Kier alpha value is -1.09. The largest absolute Gasteiger partial charge is 0.476 e. The Bertz CT molecular complexity index is 296. The van der Waals surface area contributed by atoms with Crippen LogP contribution in [0.25, 0.3) is 0 Å². The fourth-order valence-electron chi connectivity index (χ4n) is 2.16. The van der Waals surface area contributed by atoms with E-state index in [1.807, 2.05) is 18.2 Å². The molecule has 0 unspecified atom stereocenters. The summed E-state index contributed by atoms with van der Waals surface area (Å²) in [6.07, 6.45) is 4.44. The van der Waals surface area contributed by atoms with E-state index in [0.29, 0.717) is 0 Å². The number of hydrogen-bond donors (Lipinski definition) is 0. The summed E-state index contributed by atoms with van der Waals surface area (Å²) >= 11 is 0. The van der Waals surface area contributed by atoms with Crippen molar-refractivity contribution in [2.75, 3.05) is 26.2 Å². The van der Waals surface area contributed by atoms with Gasteiger partial charge in [0.15, 0.2) is 0 Å². The molecule has 0 spiro atoms. The minimum atomic E-state index is 0.730. The summed E-state index contributed by atoms with van der Waals surface area (Å²) in [5, 5.41) is 0. The van der Waals surface area contributed by atoms with E-state index in [2.05, 4.69) is 16.8 Å². The van der Waals surface area contributed by atoms with Gasteiger partial charge < -0.3 is 4.74 Å². The highest BCUT2D eigenvalue weighted by molar-refractivity contribution is 5.08. The van der Waals surface area contributed by atoms with Crippen molar-refractivity contribution in [2.45, 2.75) is 19.8 Å². The number of ether oxygens (including phenoxy) is 1. The van der Waals surface area contributed by atoms with Crippen molar-refractivity contribution in [3.8, 4) is 5.88 Å². The van der Waals surface area contributed by atoms with Crippen LogP contribution in [-0.2, 0) is 0 Å². The summed E-state index contributed by atoms with van der Waals surface area (Å²) in [6.45, 7) is 6.53. The van der Waals surface area contributed by atoms with Gasteiger partial charge in [0, 0.05) is 31.9 Å². The quantitative estimate of drug-likeness (QED) is 0.735. The van der Waals surface area contributed by atoms with Crippen LogP contribution in [0.2, 0.25) is 0 Å². The standard InChI is InChI=1S/C13H20N2O/c1-2-5-12-10-15(11-12)8-9-16-13-6-3-4-7-14-13/h3-4,6-7,12H,2,5,8-11H2,1H3. The van der Waals surface area contributed by atoms with Crippen molar-refractivity contribution >= 4 is 0 Å². The number of rotatable bonds is 6. The molecule has 1 aromatic heterocycles. The summed E-state index contributed by atoms with van der Waals surface area (Å²) in [7, 11) is 0. The Morgan fingerprint density at radius 1 is 1.44 bits per heavy atom. The number of hydrogen-bond acceptors (Lipinski definition) is 3. The molecule has 0 radical (unpaired) electrons. The van der Waals surface area contributed by atoms with E-state index in [-0.39, 0.29) is 0 Å². The fourth-order valence-corrected chi connectivity index (χ4v) is 2.16. The highest BCUT2D eigenvalue weighted by Gasteiger charge is 2.24. The lowest BCUT2D eigenvalue weighted by atomic mass is 9.95. The Labute approximate surface area is 97.4 Å². The van der Waals surface area contributed by atoms with Gasteiger partial charge in [-0.2, -0.15) is 0 Å². The molecule has 1 saturated heterocycles. The molecule has 2 rings (SSSR count). The summed E-state index contributed by atoms with van der Waals surface area (Å²) in [4.78, 5) is 6.57. The predicted molar refractivity (Wildman–Crippen MR) is 64.6 cm³/mol. The summed E-state index contributed by atoms with van der Waals surface area (Å²) in [5.74, 6) is 1.66. The summed E-state index contributed by atoms with van der Waals surface area (Å²) in [5.41, 5.74) is 0. The molecular formula is C13H20N2O. The van der Waals surface area contributed by atoms with Gasteiger partial charge in [0.05, 0.1) is 0 Å². The first-order valence-corrected chi connectivity index (χ1v) is 6.14. The molecule has 88 valence electrons. The van der Waals surface area contributed by atoms with Crippen LogP contribution in [0.3, 0.4) is 0 Å². The molecule has 3 nitrogen and oxygen atoms in total. The number of aromatic nitrogens is 1. The number of likely N-dealkylation sites (tertiary alicyclic amines) is 1. The number of pyridine rings is 1. The van der Waals surface area contributed by atoms with E-state index >= 15 is 0 Å². The molecule has 1 aliphatic heterocycles. The van der Waals surface area contributed by atoms with Gasteiger partial charge in [-0.05, 0) is 18.4 Å². The van der Waals surface area contributed by atoms with E-state index in [9.17, 15) is 0 Å². The van der Waals surface area contributed by atoms with Gasteiger partial charge in [-0.1, -0.05) is 19.4 Å². The van der Waals surface area contributed by atoms with Crippen molar-refractivity contribution in [1.29, 1.82) is 0 Å². The van der Waals surface area contributed by atoms with E-state index in [4.69, 9.17) is 4.74 Å². The molecule has 0 N–H and O–H groups in total. The van der Waals surface area contributed by atoms with Crippen molar-refractivity contribution in [1.82, 2.24) is 9.88 Å². The predicted octanol–water partition coefficient (Wildman–Crippen LogP) is 2.19. The van der Waals surface area contributed by atoms with Crippen LogP contribution >= 0.6 is 0 Å². The Balaban J connectivity index is 1.57. The van der Waals surface area contributed by atoms with Gasteiger partial charge in [-0.3, -0.25) is 4.90 Å². The average Bonchev–Trinajstić information content (AvgIpc) is 2.27. The lowest BCUT2D eigenvalue weighted by molar-refractivity contribution is 0.0764. The Kier molecular flexibility index (Phi) is 4.17. The summed E-state index contributed by atoms with van der Waals surface area (Å²) < 4.78 is 5.55. The molecule has 0 aliphatic carbocycles. The van der Waals surface area contributed by atoms with Crippen LogP contribution < -0.4 is 4.74 Å². The minimum Gasteiger partial charge on any atom is -0.476 e. The third kappa shape index (κ3) is 3.20. The van der Waals surface area contributed by atoms with Crippen LogP contribution in [0, 0.1) is 5.92 Å². The first-order chi connectivity index (χ1) is 7.88. The average molecular weight is 220 g/mol. The molecule has 0 amide bonds. The Morgan fingerprint density at radius 3 is 3.00 bits per heavy atom. The third-order valence-corrected chi connectivity index (χ3v) is 3.02. The molecule has 2 heterocycles. The molecule has 16 heavy (non-hydrogen) atoms. The van der Waals surface area contributed by atoms with Gasteiger partial charge in [0.25, 0.3) is 0 Å².